The minimum atomic E-state index is -4.31. The molecule has 0 aliphatic carbocycles. The molecule has 0 radical (unpaired) electrons. The Balaban J connectivity index is 1.98. The molecule has 0 heterocycles. The molecule has 0 aliphatic heterocycles. The van der Waals surface area contributed by atoms with Crippen molar-refractivity contribution < 1.29 is 17.8 Å². The highest BCUT2D eigenvalue weighted by Crippen LogP contribution is 2.15. The molecule has 0 unspecified atom stereocenters. The van der Waals surface area contributed by atoms with Crippen LogP contribution in [-0.4, -0.2) is 19.0 Å². The molecule has 6 nitrogen and oxygen atoms in total. The molecule has 0 bridgehead atoms. The van der Waals surface area contributed by atoms with E-state index >= 15 is 0 Å². The first-order valence-electron chi connectivity index (χ1n) is 6.21. The van der Waals surface area contributed by atoms with Crippen LogP contribution in [0.4, 0.5) is 10.5 Å². The van der Waals surface area contributed by atoms with E-state index in [1.165, 1.54) is 18.2 Å². The van der Waals surface area contributed by atoms with Crippen LogP contribution in [0.5, 0.6) is 0 Å². The second kappa shape index (κ2) is 6.78. The lowest BCUT2D eigenvalue weighted by Gasteiger charge is -2.08. The third kappa shape index (κ3) is 4.73. The molecule has 2 aromatic carbocycles. The Kier molecular flexibility index (Phi) is 5.02. The van der Waals surface area contributed by atoms with Gasteiger partial charge in [0.1, 0.15) is 0 Å². The molecule has 0 saturated heterocycles. The summed E-state index contributed by atoms with van der Waals surface area (Å²) in [5.41, 5.74) is 1.08. The van der Waals surface area contributed by atoms with E-state index in [0.717, 1.165) is 11.6 Å². The monoisotopic (exact) mass is 340 g/mol. The van der Waals surface area contributed by atoms with Gasteiger partial charge in [-0.2, -0.15) is 8.42 Å². The van der Waals surface area contributed by atoms with E-state index in [1.54, 1.807) is 18.2 Å². The molecule has 22 heavy (non-hydrogen) atoms. The van der Waals surface area contributed by atoms with Gasteiger partial charge in [-0.1, -0.05) is 29.8 Å². The summed E-state index contributed by atoms with van der Waals surface area (Å²) in [6, 6.07) is 11.8. The molecule has 2 amide bonds. The summed E-state index contributed by atoms with van der Waals surface area (Å²) in [6.45, 7) is 0.268. The average Bonchev–Trinajstić information content (AvgIpc) is 2.45. The fourth-order valence-electron chi connectivity index (χ4n) is 1.74. The van der Waals surface area contributed by atoms with Crippen LogP contribution in [0.15, 0.2) is 53.4 Å². The standard InChI is InChI=1S/C14H13ClN2O4S/c15-11-4-1-3-10(7-11)9-16-14(18)17-12-5-2-6-13(8-12)22(19,20)21/h1-8H,9H2,(H2,16,17,18)(H,19,20,21). The van der Waals surface area contributed by atoms with Gasteiger partial charge in [-0.3, -0.25) is 4.55 Å². The minimum Gasteiger partial charge on any atom is -0.334 e. The number of hydrogen-bond acceptors (Lipinski definition) is 3. The predicted octanol–water partition coefficient (Wildman–Crippen LogP) is 2.91. The Morgan fingerprint density at radius 3 is 2.55 bits per heavy atom. The van der Waals surface area contributed by atoms with Gasteiger partial charge in [0.2, 0.25) is 0 Å². The number of hydrogen-bond donors (Lipinski definition) is 3. The zero-order chi connectivity index (χ0) is 16.2. The first kappa shape index (κ1) is 16.3. The Morgan fingerprint density at radius 2 is 1.86 bits per heavy atom. The zero-order valence-corrected chi connectivity index (χ0v) is 12.9. The van der Waals surface area contributed by atoms with Crippen molar-refractivity contribution in [3.05, 3.63) is 59.1 Å². The normalized spacial score (nSPS) is 11.0. The Labute approximate surface area is 132 Å². The van der Waals surface area contributed by atoms with Crippen LogP contribution in [0.3, 0.4) is 0 Å². The summed E-state index contributed by atoms with van der Waals surface area (Å²) in [4.78, 5) is 11.5. The van der Waals surface area contributed by atoms with Gasteiger partial charge in [-0.25, -0.2) is 4.79 Å². The topological polar surface area (TPSA) is 95.5 Å². The Morgan fingerprint density at radius 1 is 1.14 bits per heavy atom. The highest BCUT2D eigenvalue weighted by atomic mass is 35.5. The fourth-order valence-corrected chi connectivity index (χ4v) is 2.48. The molecule has 3 N–H and O–H groups in total. The number of carbonyl (C=O) groups excluding carboxylic acids is 1. The second-order valence-electron chi connectivity index (χ2n) is 4.44. The summed E-state index contributed by atoms with van der Waals surface area (Å²) < 4.78 is 31.0. The highest BCUT2D eigenvalue weighted by molar-refractivity contribution is 7.85. The smallest absolute Gasteiger partial charge is 0.319 e. The number of nitrogens with one attached hydrogen (secondary N) is 2. The molecule has 8 heteroatoms. The number of benzene rings is 2. The van der Waals surface area contributed by atoms with Gasteiger partial charge < -0.3 is 10.6 Å². The van der Waals surface area contributed by atoms with Crippen LogP contribution in [-0.2, 0) is 16.7 Å². The summed E-state index contributed by atoms with van der Waals surface area (Å²) in [5.74, 6) is 0. The molecule has 0 fully saturated rings. The van der Waals surface area contributed by atoms with Crippen molar-refractivity contribution in [3.63, 3.8) is 0 Å². The predicted molar refractivity (Wildman–Crippen MR) is 83.6 cm³/mol. The molecule has 0 aliphatic rings. The van der Waals surface area contributed by atoms with E-state index in [2.05, 4.69) is 10.6 Å². The van der Waals surface area contributed by atoms with Gasteiger partial charge in [0, 0.05) is 17.3 Å². The third-order valence-electron chi connectivity index (χ3n) is 2.73. The summed E-state index contributed by atoms with van der Waals surface area (Å²) in [7, 11) is -4.31. The lowest BCUT2D eigenvalue weighted by Crippen LogP contribution is -2.28. The van der Waals surface area contributed by atoms with Crippen molar-refractivity contribution in [3.8, 4) is 0 Å². The number of amides is 2. The number of rotatable bonds is 4. The van der Waals surface area contributed by atoms with Crippen molar-refractivity contribution in [2.75, 3.05) is 5.32 Å². The highest BCUT2D eigenvalue weighted by Gasteiger charge is 2.10. The number of anilines is 1. The van der Waals surface area contributed by atoms with Gasteiger partial charge in [-0.15, -0.1) is 0 Å². The van der Waals surface area contributed by atoms with Gasteiger partial charge in [0.15, 0.2) is 0 Å². The third-order valence-corrected chi connectivity index (χ3v) is 3.82. The number of urea groups is 1. The molecule has 2 aromatic rings. The van der Waals surface area contributed by atoms with Crippen LogP contribution in [0, 0.1) is 0 Å². The SMILES string of the molecule is O=C(NCc1cccc(Cl)c1)Nc1cccc(S(=O)(=O)O)c1. The lowest BCUT2D eigenvalue weighted by molar-refractivity contribution is 0.251. The lowest BCUT2D eigenvalue weighted by atomic mass is 10.2. The molecule has 116 valence electrons. The number of carbonyl (C=O) groups is 1. The van der Waals surface area contributed by atoms with Gasteiger partial charge in [0.05, 0.1) is 4.90 Å². The van der Waals surface area contributed by atoms with Crippen molar-refractivity contribution in [2.45, 2.75) is 11.4 Å². The molecule has 0 atom stereocenters. The maximum Gasteiger partial charge on any atom is 0.319 e. The molecular formula is C14H13ClN2O4S. The average molecular weight is 341 g/mol. The van der Waals surface area contributed by atoms with Gasteiger partial charge >= 0.3 is 6.03 Å². The van der Waals surface area contributed by atoms with Crippen LogP contribution in [0.1, 0.15) is 5.56 Å². The maximum absolute atomic E-state index is 11.8. The zero-order valence-electron chi connectivity index (χ0n) is 11.3. The largest absolute Gasteiger partial charge is 0.334 e. The maximum atomic E-state index is 11.8. The van der Waals surface area contributed by atoms with Crippen molar-refractivity contribution in [1.82, 2.24) is 5.32 Å². The van der Waals surface area contributed by atoms with E-state index in [1.807, 2.05) is 6.07 Å². The molecule has 0 spiro atoms. The molecule has 0 saturated carbocycles. The van der Waals surface area contributed by atoms with E-state index in [0.29, 0.717) is 5.02 Å². The first-order valence-corrected chi connectivity index (χ1v) is 8.03. The summed E-state index contributed by atoms with van der Waals surface area (Å²) in [5, 5.41) is 5.66. The quantitative estimate of drug-likeness (QED) is 0.746. The summed E-state index contributed by atoms with van der Waals surface area (Å²) >= 11 is 5.84. The van der Waals surface area contributed by atoms with E-state index in [9.17, 15) is 13.2 Å². The number of halogens is 1. The Hall–Kier alpha value is -2.09. The van der Waals surface area contributed by atoms with Crippen molar-refractivity contribution in [2.24, 2.45) is 0 Å². The summed E-state index contributed by atoms with van der Waals surface area (Å²) in [6.07, 6.45) is 0. The van der Waals surface area contributed by atoms with Gasteiger partial charge in [-0.05, 0) is 35.9 Å². The van der Waals surface area contributed by atoms with Crippen LogP contribution in [0.25, 0.3) is 0 Å². The van der Waals surface area contributed by atoms with Crippen molar-refractivity contribution >= 4 is 33.4 Å². The van der Waals surface area contributed by atoms with Crippen LogP contribution in [0.2, 0.25) is 5.02 Å². The second-order valence-corrected chi connectivity index (χ2v) is 6.30. The molecular weight excluding hydrogens is 328 g/mol. The van der Waals surface area contributed by atoms with Gasteiger partial charge in [0.25, 0.3) is 10.1 Å². The van der Waals surface area contributed by atoms with Crippen molar-refractivity contribution in [1.29, 1.82) is 0 Å². The first-order chi connectivity index (χ1) is 10.3. The van der Waals surface area contributed by atoms with E-state index < -0.39 is 16.1 Å². The minimum absolute atomic E-state index is 0.249. The van der Waals surface area contributed by atoms with Crippen LogP contribution >= 0.6 is 11.6 Å². The fraction of sp³-hybridized carbons (Fsp3) is 0.0714. The van der Waals surface area contributed by atoms with Crippen LogP contribution < -0.4 is 10.6 Å². The van der Waals surface area contributed by atoms with E-state index in [4.69, 9.17) is 16.2 Å². The molecule has 2 rings (SSSR count). The van der Waals surface area contributed by atoms with E-state index in [-0.39, 0.29) is 17.1 Å². The Bertz CT molecular complexity index is 793. The molecule has 0 aromatic heterocycles.